The minimum Gasteiger partial charge on any atom is -0.370 e. The molecule has 2 aromatic heterocycles. The Bertz CT molecular complexity index is 572. The van der Waals surface area contributed by atoms with Gasteiger partial charge in [0.1, 0.15) is 15.6 Å². The Morgan fingerprint density at radius 2 is 2.18 bits per heavy atom. The molecule has 0 radical (unpaired) electrons. The molecule has 1 fully saturated rings. The smallest absolute Gasteiger partial charge is 0.163 e. The molecule has 3 rings (SSSR count). The molecule has 1 aliphatic rings. The van der Waals surface area contributed by atoms with Crippen molar-refractivity contribution < 1.29 is 4.74 Å². The number of halogens is 1. The summed E-state index contributed by atoms with van der Waals surface area (Å²) in [7, 11) is 1.72. The van der Waals surface area contributed by atoms with Crippen LogP contribution in [-0.2, 0) is 10.3 Å². The number of hydrogen-bond donors (Lipinski definition) is 0. The van der Waals surface area contributed by atoms with Gasteiger partial charge in [-0.15, -0.1) is 11.3 Å². The molecule has 0 N–H and O–H groups in total. The summed E-state index contributed by atoms with van der Waals surface area (Å²) in [4.78, 5) is 11.2. The lowest BCUT2D eigenvalue weighted by molar-refractivity contribution is -0.0843. The standard InChI is InChI=1S/C12H13ClN2OS/c1-7-6-8-9(13)14-11(15-10(8)17-7)12(16-2)4-3-5-12/h6H,3-5H2,1-2H3. The largest absolute Gasteiger partial charge is 0.370 e. The van der Waals surface area contributed by atoms with Crippen LogP contribution in [0.5, 0.6) is 0 Å². The third-order valence-corrected chi connectivity index (χ3v) is 4.66. The van der Waals surface area contributed by atoms with Crippen molar-refractivity contribution in [3.8, 4) is 0 Å². The average molecular weight is 269 g/mol. The second-order valence-corrected chi connectivity index (χ2v) is 6.06. The number of aromatic nitrogens is 2. The third kappa shape index (κ3) is 1.66. The Hall–Kier alpha value is -0.710. The van der Waals surface area contributed by atoms with Gasteiger partial charge in [-0.05, 0) is 32.3 Å². The Morgan fingerprint density at radius 1 is 1.41 bits per heavy atom. The lowest BCUT2D eigenvalue weighted by atomic mass is 9.79. The van der Waals surface area contributed by atoms with Crippen LogP contribution in [0.3, 0.4) is 0 Å². The van der Waals surface area contributed by atoms with E-state index in [1.807, 2.05) is 6.07 Å². The molecule has 0 bridgehead atoms. The Labute approximate surface area is 109 Å². The number of fused-ring (bicyclic) bond motifs is 1. The van der Waals surface area contributed by atoms with Crippen LogP contribution >= 0.6 is 22.9 Å². The summed E-state index contributed by atoms with van der Waals surface area (Å²) in [6.07, 6.45) is 3.13. The van der Waals surface area contributed by atoms with Gasteiger partial charge >= 0.3 is 0 Å². The highest BCUT2D eigenvalue weighted by molar-refractivity contribution is 7.18. The van der Waals surface area contributed by atoms with E-state index < -0.39 is 0 Å². The Kier molecular flexibility index (Phi) is 2.61. The lowest BCUT2D eigenvalue weighted by Crippen LogP contribution is -2.38. The summed E-state index contributed by atoms with van der Waals surface area (Å²) in [6, 6.07) is 2.03. The van der Waals surface area contributed by atoms with Crippen molar-refractivity contribution in [2.45, 2.75) is 31.8 Å². The molecule has 17 heavy (non-hydrogen) atoms. The monoisotopic (exact) mass is 268 g/mol. The van der Waals surface area contributed by atoms with Gasteiger partial charge in [-0.25, -0.2) is 9.97 Å². The second-order valence-electron chi connectivity index (χ2n) is 4.47. The first kappa shape index (κ1) is 11.4. The number of rotatable bonds is 2. The molecule has 0 atom stereocenters. The zero-order valence-corrected chi connectivity index (χ0v) is 11.4. The molecular weight excluding hydrogens is 256 g/mol. The van der Waals surface area contributed by atoms with Gasteiger partial charge in [0.05, 0.1) is 0 Å². The van der Waals surface area contributed by atoms with Crippen molar-refractivity contribution in [2.24, 2.45) is 0 Å². The van der Waals surface area contributed by atoms with E-state index in [0.717, 1.165) is 35.3 Å². The fraction of sp³-hybridized carbons (Fsp3) is 0.500. The summed E-state index contributed by atoms with van der Waals surface area (Å²) >= 11 is 7.87. The molecule has 0 unspecified atom stereocenters. The Balaban J connectivity index is 2.17. The maximum absolute atomic E-state index is 6.22. The molecule has 0 aromatic carbocycles. The van der Waals surface area contributed by atoms with Crippen LogP contribution in [0.4, 0.5) is 0 Å². The zero-order chi connectivity index (χ0) is 12.0. The average Bonchev–Trinajstić information content (AvgIpc) is 2.58. The van der Waals surface area contributed by atoms with Crippen molar-refractivity contribution in [3.05, 3.63) is 21.9 Å². The number of thiophene rings is 1. The van der Waals surface area contributed by atoms with Crippen LogP contribution in [0.1, 0.15) is 30.0 Å². The molecule has 5 heteroatoms. The van der Waals surface area contributed by atoms with Crippen molar-refractivity contribution in [3.63, 3.8) is 0 Å². The molecule has 0 saturated heterocycles. The van der Waals surface area contributed by atoms with Crippen LogP contribution in [0.2, 0.25) is 5.15 Å². The van der Waals surface area contributed by atoms with Gasteiger partial charge < -0.3 is 4.74 Å². The van der Waals surface area contributed by atoms with Gasteiger partial charge in [-0.3, -0.25) is 0 Å². The number of aryl methyl sites for hydroxylation is 1. The molecule has 0 amide bonds. The number of methoxy groups -OCH3 is 1. The summed E-state index contributed by atoms with van der Waals surface area (Å²) in [5, 5.41) is 1.49. The predicted octanol–water partition coefficient (Wildman–Crippen LogP) is 3.68. The molecule has 0 aliphatic heterocycles. The first-order chi connectivity index (χ1) is 8.14. The zero-order valence-electron chi connectivity index (χ0n) is 9.79. The van der Waals surface area contributed by atoms with E-state index in [-0.39, 0.29) is 5.60 Å². The minimum atomic E-state index is -0.296. The first-order valence-corrected chi connectivity index (χ1v) is 6.83. The highest BCUT2D eigenvalue weighted by Gasteiger charge is 2.42. The number of nitrogens with zero attached hydrogens (tertiary/aromatic N) is 2. The van der Waals surface area contributed by atoms with Crippen molar-refractivity contribution in [1.29, 1.82) is 0 Å². The van der Waals surface area contributed by atoms with E-state index in [1.165, 1.54) is 4.88 Å². The normalized spacial score (nSPS) is 18.3. The van der Waals surface area contributed by atoms with Crippen molar-refractivity contribution in [2.75, 3.05) is 7.11 Å². The molecule has 2 aromatic rings. The molecule has 0 spiro atoms. The van der Waals surface area contributed by atoms with Crippen LogP contribution < -0.4 is 0 Å². The van der Waals surface area contributed by atoms with Crippen LogP contribution in [-0.4, -0.2) is 17.1 Å². The topological polar surface area (TPSA) is 35.0 Å². The second kappa shape index (κ2) is 3.90. The van der Waals surface area contributed by atoms with Crippen LogP contribution in [0.25, 0.3) is 10.2 Å². The maximum atomic E-state index is 6.22. The maximum Gasteiger partial charge on any atom is 0.163 e. The lowest BCUT2D eigenvalue weighted by Gasteiger charge is -2.38. The van der Waals surface area contributed by atoms with Crippen LogP contribution in [0.15, 0.2) is 6.07 Å². The molecule has 90 valence electrons. The Morgan fingerprint density at radius 3 is 2.76 bits per heavy atom. The van der Waals surface area contributed by atoms with Gasteiger partial charge in [0, 0.05) is 17.4 Å². The van der Waals surface area contributed by atoms with Gasteiger partial charge in [0.2, 0.25) is 0 Å². The first-order valence-electron chi connectivity index (χ1n) is 5.64. The fourth-order valence-corrected chi connectivity index (χ4v) is 3.39. The SMILES string of the molecule is COC1(c2nc(Cl)c3cc(C)sc3n2)CCC1. The van der Waals surface area contributed by atoms with Crippen molar-refractivity contribution in [1.82, 2.24) is 9.97 Å². The minimum absolute atomic E-state index is 0.296. The van der Waals surface area contributed by atoms with Gasteiger partial charge in [-0.2, -0.15) is 0 Å². The molecule has 1 saturated carbocycles. The quantitative estimate of drug-likeness (QED) is 0.780. The van der Waals surface area contributed by atoms with E-state index in [9.17, 15) is 0 Å². The molecule has 2 heterocycles. The summed E-state index contributed by atoms with van der Waals surface area (Å²) < 4.78 is 5.59. The summed E-state index contributed by atoms with van der Waals surface area (Å²) in [5.74, 6) is 0.741. The number of ether oxygens (including phenoxy) is 1. The van der Waals surface area contributed by atoms with Gasteiger partial charge in [0.15, 0.2) is 5.82 Å². The number of hydrogen-bond acceptors (Lipinski definition) is 4. The predicted molar refractivity (Wildman–Crippen MR) is 69.7 cm³/mol. The molecular formula is C12H13ClN2OS. The van der Waals surface area contributed by atoms with Gasteiger partial charge in [0.25, 0.3) is 0 Å². The van der Waals surface area contributed by atoms with E-state index >= 15 is 0 Å². The van der Waals surface area contributed by atoms with Crippen LogP contribution in [0, 0.1) is 6.92 Å². The highest BCUT2D eigenvalue weighted by atomic mass is 35.5. The van der Waals surface area contributed by atoms with E-state index in [0.29, 0.717) is 5.15 Å². The molecule has 1 aliphatic carbocycles. The fourth-order valence-electron chi connectivity index (χ4n) is 2.23. The van der Waals surface area contributed by atoms with Gasteiger partial charge in [-0.1, -0.05) is 11.6 Å². The third-order valence-electron chi connectivity index (χ3n) is 3.43. The van der Waals surface area contributed by atoms with Crippen molar-refractivity contribution >= 4 is 33.2 Å². The van der Waals surface area contributed by atoms with E-state index in [1.54, 1.807) is 18.4 Å². The van der Waals surface area contributed by atoms with E-state index in [4.69, 9.17) is 16.3 Å². The summed E-state index contributed by atoms with van der Waals surface area (Å²) in [6.45, 7) is 2.05. The molecule has 3 nitrogen and oxygen atoms in total. The highest BCUT2D eigenvalue weighted by Crippen LogP contribution is 2.44. The van der Waals surface area contributed by atoms with E-state index in [2.05, 4.69) is 16.9 Å². The summed E-state index contributed by atoms with van der Waals surface area (Å²) in [5.41, 5.74) is -0.296.